The van der Waals surface area contributed by atoms with E-state index in [-0.39, 0.29) is 5.82 Å². The summed E-state index contributed by atoms with van der Waals surface area (Å²) in [5.41, 5.74) is 5.72. The zero-order valence-electron chi connectivity index (χ0n) is 22.0. The van der Waals surface area contributed by atoms with Crippen molar-refractivity contribution >= 4 is 21.8 Å². The number of hydrogen-bond donors (Lipinski definition) is 0. The Labute approximate surface area is 240 Å². The number of halogens is 1. The summed E-state index contributed by atoms with van der Waals surface area (Å²) in [5, 5.41) is 21.2. The maximum atomic E-state index is 13.7. The van der Waals surface area contributed by atoms with Crippen LogP contribution >= 0.6 is 0 Å². The van der Waals surface area contributed by atoms with Gasteiger partial charge in [-0.05, 0) is 78.9 Å². The second-order valence-corrected chi connectivity index (χ2v) is 9.76. The molecule has 0 amide bonds. The molecule has 5 aromatic carbocycles. The van der Waals surface area contributed by atoms with Crippen LogP contribution in [-0.2, 0) is 0 Å². The molecule has 7 aromatic rings. The standard InChI is InChI=1S/C35H19FN6/c36-27-13-10-24(11-14-27)33-39-34(41-35(40-33)26-17-22(20-37)16-23(18-26)21-38)25-12-15-32-30(19-25)29-8-4-5-9-31(29)42(32)28-6-2-1-3-7-28/h1-19H. The van der Waals surface area contributed by atoms with Crippen LogP contribution in [0.2, 0.25) is 0 Å². The lowest BCUT2D eigenvalue weighted by atomic mass is 10.1. The van der Waals surface area contributed by atoms with E-state index < -0.39 is 0 Å². The van der Waals surface area contributed by atoms with Gasteiger partial charge in [0.1, 0.15) is 5.82 Å². The van der Waals surface area contributed by atoms with Crippen molar-refractivity contribution in [3.05, 3.63) is 132 Å². The van der Waals surface area contributed by atoms with Gasteiger partial charge < -0.3 is 4.57 Å². The average Bonchev–Trinajstić information content (AvgIpc) is 3.38. The molecule has 196 valence electrons. The van der Waals surface area contributed by atoms with E-state index in [4.69, 9.17) is 9.97 Å². The minimum Gasteiger partial charge on any atom is -0.309 e. The van der Waals surface area contributed by atoms with Crippen LogP contribution in [0.5, 0.6) is 0 Å². The maximum absolute atomic E-state index is 13.7. The first-order valence-corrected chi connectivity index (χ1v) is 13.2. The first-order chi connectivity index (χ1) is 20.6. The number of nitriles is 2. The second-order valence-electron chi connectivity index (χ2n) is 9.76. The molecule has 7 heteroatoms. The zero-order chi connectivity index (χ0) is 28.6. The van der Waals surface area contributed by atoms with Gasteiger partial charge in [0.05, 0.1) is 34.3 Å². The van der Waals surface area contributed by atoms with E-state index in [1.165, 1.54) is 18.2 Å². The van der Waals surface area contributed by atoms with E-state index in [2.05, 4.69) is 58.1 Å². The Hall–Kier alpha value is -6.18. The molecular weight excluding hydrogens is 523 g/mol. The molecule has 0 spiro atoms. The number of fused-ring (bicyclic) bond motifs is 3. The van der Waals surface area contributed by atoms with Crippen LogP contribution in [0, 0.1) is 28.5 Å². The highest BCUT2D eigenvalue weighted by Gasteiger charge is 2.17. The lowest BCUT2D eigenvalue weighted by Crippen LogP contribution is -2.01. The molecule has 0 atom stereocenters. The van der Waals surface area contributed by atoms with Crippen molar-refractivity contribution in [2.24, 2.45) is 0 Å². The third kappa shape index (κ3) is 4.32. The van der Waals surface area contributed by atoms with Crippen LogP contribution in [0.25, 0.3) is 61.7 Å². The number of nitrogens with zero attached hydrogens (tertiary/aromatic N) is 6. The molecule has 0 aliphatic rings. The average molecular weight is 543 g/mol. The van der Waals surface area contributed by atoms with E-state index in [1.54, 1.807) is 24.3 Å². The van der Waals surface area contributed by atoms with Crippen molar-refractivity contribution in [1.29, 1.82) is 10.5 Å². The molecular formula is C35H19FN6. The highest BCUT2D eigenvalue weighted by atomic mass is 19.1. The van der Waals surface area contributed by atoms with Gasteiger partial charge in [0, 0.05) is 33.2 Å². The molecule has 2 heterocycles. The van der Waals surface area contributed by atoms with Crippen molar-refractivity contribution in [3.63, 3.8) is 0 Å². The summed E-state index contributed by atoms with van der Waals surface area (Å²) >= 11 is 0. The van der Waals surface area contributed by atoms with Gasteiger partial charge in [-0.15, -0.1) is 0 Å². The Morgan fingerprint density at radius 1 is 0.524 bits per heavy atom. The summed E-state index contributed by atoms with van der Waals surface area (Å²) in [6.45, 7) is 0. The van der Waals surface area contributed by atoms with Crippen LogP contribution in [0.15, 0.2) is 115 Å². The van der Waals surface area contributed by atoms with E-state index in [0.29, 0.717) is 39.7 Å². The molecule has 0 radical (unpaired) electrons. The SMILES string of the molecule is N#Cc1cc(C#N)cc(-c2nc(-c3ccc(F)cc3)nc(-c3ccc4c(c3)c3ccccc3n4-c3ccccc3)n2)c1. The second kappa shape index (κ2) is 10.1. The summed E-state index contributed by atoms with van der Waals surface area (Å²) < 4.78 is 16.0. The minimum atomic E-state index is -0.367. The quantitative estimate of drug-likeness (QED) is 0.226. The smallest absolute Gasteiger partial charge is 0.164 e. The van der Waals surface area contributed by atoms with E-state index in [1.807, 2.05) is 36.4 Å². The Kier molecular flexibility index (Phi) is 5.97. The Balaban J connectivity index is 1.47. The fourth-order valence-electron chi connectivity index (χ4n) is 5.22. The van der Waals surface area contributed by atoms with Crippen molar-refractivity contribution in [1.82, 2.24) is 19.5 Å². The van der Waals surface area contributed by atoms with Crippen LogP contribution < -0.4 is 0 Å². The topological polar surface area (TPSA) is 91.2 Å². The highest BCUT2D eigenvalue weighted by Crippen LogP contribution is 2.35. The van der Waals surface area contributed by atoms with Gasteiger partial charge in [0.25, 0.3) is 0 Å². The van der Waals surface area contributed by atoms with Gasteiger partial charge in [-0.25, -0.2) is 19.3 Å². The van der Waals surface area contributed by atoms with Gasteiger partial charge in [-0.1, -0.05) is 36.4 Å². The predicted molar refractivity (Wildman–Crippen MR) is 160 cm³/mol. The summed E-state index contributed by atoms with van der Waals surface area (Å²) in [4.78, 5) is 14.3. The van der Waals surface area contributed by atoms with E-state index >= 15 is 0 Å². The maximum Gasteiger partial charge on any atom is 0.164 e. The first-order valence-electron chi connectivity index (χ1n) is 13.2. The zero-order valence-corrected chi connectivity index (χ0v) is 22.0. The molecule has 7 rings (SSSR count). The summed E-state index contributed by atoms with van der Waals surface area (Å²) in [7, 11) is 0. The molecule has 0 aliphatic carbocycles. The fraction of sp³-hybridized carbons (Fsp3) is 0. The first kappa shape index (κ1) is 24.8. The molecule has 6 nitrogen and oxygen atoms in total. The van der Waals surface area contributed by atoms with E-state index in [9.17, 15) is 14.9 Å². The molecule has 42 heavy (non-hydrogen) atoms. The van der Waals surface area contributed by atoms with Gasteiger partial charge in [-0.2, -0.15) is 10.5 Å². The number of aromatic nitrogens is 4. The lowest BCUT2D eigenvalue weighted by molar-refractivity contribution is 0.628. The van der Waals surface area contributed by atoms with Crippen LogP contribution in [-0.4, -0.2) is 19.5 Å². The van der Waals surface area contributed by atoms with Crippen LogP contribution in [0.1, 0.15) is 11.1 Å². The molecule has 0 saturated heterocycles. The van der Waals surface area contributed by atoms with Crippen molar-refractivity contribution in [2.45, 2.75) is 0 Å². The number of para-hydroxylation sites is 2. The highest BCUT2D eigenvalue weighted by molar-refractivity contribution is 6.10. The molecule has 0 N–H and O–H groups in total. The van der Waals surface area contributed by atoms with Crippen molar-refractivity contribution < 1.29 is 4.39 Å². The van der Waals surface area contributed by atoms with Crippen molar-refractivity contribution in [2.75, 3.05) is 0 Å². The van der Waals surface area contributed by atoms with Gasteiger partial charge in [-0.3, -0.25) is 0 Å². The lowest BCUT2D eigenvalue weighted by Gasteiger charge is -2.10. The molecule has 2 aromatic heterocycles. The van der Waals surface area contributed by atoms with Gasteiger partial charge in [0.2, 0.25) is 0 Å². The predicted octanol–water partition coefficient (Wildman–Crippen LogP) is 7.85. The minimum absolute atomic E-state index is 0.305. The van der Waals surface area contributed by atoms with Gasteiger partial charge in [0.15, 0.2) is 17.5 Å². The summed E-state index contributed by atoms with van der Waals surface area (Å²) in [6.07, 6.45) is 0. The largest absolute Gasteiger partial charge is 0.309 e. The molecule has 0 unspecified atom stereocenters. The summed E-state index contributed by atoms with van der Waals surface area (Å²) in [6, 6.07) is 39.5. The number of benzene rings is 5. The summed E-state index contributed by atoms with van der Waals surface area (Å²) in [5.74, 6) is 0.704. The molecule has 0 aliphatic heterocycles. The van der Waals surface area contributed by atoms with Crippen molar-refractivity contribution in [3.8, 4) is 52.0 Å². The molecule has 0 fully saturated rings. The van der Waals surface area contributed by atoms with Crippen LogP contribution in [0.3, 0.4) is 0 Å². The van der Waals surface area contributed by atoms with E-state index in [0.717, 1.165) is 33.1 Å². The third-order valence-corrected chi connectivity index (χ3v) is 7.13. The van der Waals surface area contributed by atoms with Gasteiger partial charge >= 0.3 is 0 Å². The fourth-order valence-corrected chi connectivity index (χ4v) is 5.22. The Morgan fingerprint density at radius 3 is 1.79 bits per heavy atom. The monoisotopic (exact) mass is 542 g/mol. The Morgan fingerprint density at radius 2 is 1.10 bits per heavy atom. The Bertz CT molecular complexity index is 2190. The number of rotatable bonds is 4. The molecule has 0 bridgehead atoms. The third-order valence-electron chi connectivity index (χ3n) is 7.13. The molecule has 0 saturated carbocycles. The number of hydrogen-bond acceptors (Lipinski definition) is 5. The van der Waals surface area contributed by atoms with Crippen LogP contribution in [0.4, 0.5) is 4.39 Å². The normalized spacial score (nSPS) is 10.9.